The summed E-state index contributed by atoms with van der Waals surface area (Å²) in [5.41, 5.74) is 1.13. The summed E-state index contributed by atoms with van der Waals surface area (Å²) in [4.78, 5) is 11.0. The van der Waals surface area contributed by atoms with Crippen LogP contribution in [-0.2, 0) is 0 Å². The molecule has 0 aliphatic carbocycles. The van der Waals surface area contributed by atoms with E-state index in [4.69, 9.17) is 5.11 Å². The second-order valence-corrected chi connectivity index (χ2v) is 6.67. The van der Waals surface area contributed by atoms with Crippen LogP contribution in [0.5, 0.6) is 0 Å². The third kappa shape index (κ3) is 4.42. The first-order chi connectivity index (χ1) is 8.96. The fourth-order valence-electron chi connectivity index (χ4n) is 1.94. The quantitative estimate of drug-likeness (QED) is 0.764. The molecule has 2 N–H and O–H groups in total. The minimum Gasteiger partial charge on any atom is -0.478 e. The van der Waals surface area contributed by atoms with E-state index in [2.05, 4.69) is 41.3 Å². The highest BCUT2D eigenvalue weighted by atomic mass is 79.9. The van der Waals surface area contributed by atoms with E-state index in [1.807, 2.05) is 17.8 Å². The SMILES string of the molecule is CCC(CC)(CNc1cc(Br)cc(C(=O)O)c1)SC. The highest BCUT2D eigenvalue weighted by molar-refractivity contribution is 9.10. The van der Waals surface area contributed by atoms with Crippen molar-refractivity contribution in [1.82, 2.24) is 0 Å². The van der Waals surface area contributed by atoms with Crippen molar-refractivity contribution in [1.29, 1.82) is 0 Å². The smallest absolute Gasteiger partial charge is 0.335 e. The summed E-state index contributed by atoms with van der Waals surface area (Å²) in [6.07, 6.45) is 4.28. The van der Waals surface area contributed by atoms with Gasteiger partial charge in [-0.2, -0.15) is 11.8 Å². The second kappa shape index (κ2) is 7.20. The molecular weight excluding hydrogens is 326 g/mol. The van der Waals surface area contributed by atoms with Crippen LogP contribution in [0.25, 0.3) is 0 Å². The zero-order valence-corrected chi connectivity index (χ0v) is 13.9. The first-order valence-corrected chi connectivity index (χ1v) is 8.31. The van der Waals surface area contributed by atoms with Crippen LogP contribution in [0.4, 0.5) is 5.69 Å². The van der Waals surface area contributed by atoms with Crippen LogP contribution in [-0.4, -0.2) is 28.6 Å². The van der Waals surface area contributed by atoms with E-state index >= 15 is 0 Å². The number of carbonyl (C=O) groups is 1. The van der Waals surface area contributed by atoms with Crippen molar-refractivity contribution in [3.8, 4) is 0 Å². The van der Waals surface area contributed by atoms with E-state index in [9.17, 15) is 4.79 Å². The molecule has 0 radical (unpaired) electrons. The van der Waals surface area contributed by atoms with Gasteiger partial charge in [-0.15, -0.1) is 0 Å². The average Bonchev–Trinajstić information content (AvgIpc) is 2.40. The predicted molar refractivity (Wildman–Crippen MR) is 86.4 cm³/mol. The van der Waals surface area contributed by atoms with Gasteiger partial charge in [0.25, 0.3) is 0 Å². The molecule has 1 aromatic rings. The molecular formula is C14H20BrNO2S. The van der Waals surface area contributed by atoms with Crippen molar-refractivity contribution in [3.05, 3.63) is 28.2 Å². The molecule has 1 rings (SSSR count). The van der Waals surface area contributed by atoms with Gasteiger partial charge in [0.05, 0.1) is 5.56 Å². The Hall–Kier alpha value is -0.680. The maximum atomic E-state index is 11.0. The number of aromatic carboxylic acids is 1. The molecule has 0 unspecified atom stereocenters. The molecule has 0 atom stereocenters. The fourth-order valence-corrected chi connectivity index (χ4v) is 3.23. The molecule has 0 amide bonds. The van der Waals surface area contributed by atoms with Gasteiger partial charge in [0, 0.05) is 21.5 Å². The van der Waals surface area contributed by atoms with Crippen molar-refractivity contribution in [2.24, 2.45) is 0 Å². The Kier molecular flexibility index (Phi) is 6.20. The lowest BCUT2D eigenvalue weighted by Crippen LogP contribution is -2.32. The van der Waals surface area contributed by atoms with E-state index in [1.165, 1.54) is 0 Å². The third-order valence-corrected chi connectivity index (χ3v) is 5.53. The number of halogens is 1. The fraction of sp³-hybridized carbons (Fsp3) is 0.500. The summed E-state index contributed by atoms with van der Waals surface area (Å²) in [6, 6.07) is 5.18. The highest BCUT2D eigenvalue weighted by Gasteiger charge is 2.24. The van der Waals surface area contributed by atoms with Gasteiger partial charge in [-0.3, -0.25) is 0 Å². The molecule has 0 aromatic heterocycles. The molecule has 19 heavy (non-hydrogen) atoms. The number of nitrogens with one attached hydrogen (secondary N) is 1. The lowest BCUT2D eigenvalue weighted by molar-refractivity contribution is 0.0697. The van der Waals surface area contributed by atoms with Crippen LogP contribution in [0.2, 0.25) is 0 Å². The van der Waals surface area contributed by atoms with Crippen LogP contribution in [0, 0.1) is 0 Å². The van der Waals surface area contributed by atoms with Crippen molar-refractivity contribution >= 4 is 39.3 Å². The predicted octanol–water partition coefficient (Wildman–Crippen LogP) is 4.48. The Labute approximate surface area is 127 Å². The molecule has 5 heteroatoms. The third-order valence-electron chi connectivity index (χ3n) is 3.48. The van der Waals surface area contributed by atoms with Crippen LogP contribution in [0.1, 0.15) is 37.0 Å². The molecule has 0 aliphatic heterocycles. The largest absolute Gasteiger partial charge is 0.478 e. The van der Waals surface area contributed by atoms with Crippen molar-refractivity contribution in [2.45, 2.75) is 31.4 Å². The van der Waals surface area contributed by atoms with Crippen molar-refractivity contribution in [3.63, 3.8) is 0 Å². The van der Waals surface area contributed by atoms with Gasteiger partial charge in [0.1, 0.15) is 0 Å². The number of hydrogen-bond acceptors (Lipinski definition) is 3. The minimum absolute atomic E-state index is 0.200. The van der Waals surface area contributed by atoms with Crippen LogP contribution >= 0.6 is 27.7 Å². The molecule has 0 fully saturated rings. The molecule has 0 saturated heterocycles. The summed E-state index contributed by atoms with van der Waals surface area (Å²) < 4.78 is 0.976. The van der Waals surface area contributed by atoms with E-state index in [-0.39, 0.29) is 4.75 Å². The Balaban J connectivity index is 2.85. The van der Waals surface area contributed by atoms with Gasteiger partial charge in [-0.1, -0.05) is 29.8 Å². The van der Waals surface area contributed by atoms with Gasteiger partial charge < -0.3 is 10.4 Å². The zero-order valence-electron chi connectivity index (χ0n) is 11.5. The Morgan fingerprint density at radius 1 is 1.37 bits per heavy atom. The first-order valence-electron chi connectivity index (χ1n) is 6.29. The highest BCUT2D eigenvalue weighted by Crippen LogP contribution is 2.31. The maximum Gasteiger partial charge on any atom is 0.335 e. The van der Waals surface area contributed by atoms with E-state index < -0.39 is 5.97 Å². The van der Waals surface area contributed by atoms with Crippen LogP contribution in [0.15, 0.2) is 22.7 Å². The maximum absolute atomic E-state index is 11.0. The zero-order chi connectivity index (χ0) is 14.5. The van der Waals surface area contributed by atoms with Crippen molar-refractivity contribution < 1.29 is 9.90 Å². The lowest BCUT2D eigenvalue weighted by atomic mass is 10.0. The van der Waals surface area contributed by atoms with E-state index in [0.29, 0.717) is 5.56 Å². The van der Waals surface area contributed by atoms with Crippen LogP contribution < -0.4 is 5.32 Å². The number of rotatable bonds is 7. The summed E-state index contributed by atoms with van der Waals surface area (Å²) in [5.74, 6) is -0.911. The van der Waals surface area contributed by atoms with Crippen molar-refractivity contribution in [2.75, 3.05) is 18.1 Å². The molecule has 0 bridgehead atoms. The van der Waals surface area contributed by atoms with E-state index in [0.717, 1.165) is 29.5 Å². The number of thioether (sulfide) groups is 1. The number of benzene rings is 1. The molecule has 0 saturated carbocycles. The molecule has 106 valence electrons. The van der Waals surface area contributed by atoms with Gasteiger partial charge >= 0.3 is 5.97 Å². The minimum atomic E-state index is -0.911. The monoisotopic (exact) mass is 345 g/mol. The topological polar surface area (TPSA) is 49.3 Å². The summed E-state index contributed by atoms with van der Waals surface area (Å²) in [7, 11) is 0. The van der Waals surface area contributed by atoms with Crippen LogP contribution in [0.3, 0.4) is 0 Å². The molecule has 0 aliphatic rings. The summed E-state index contributed by atoms with van der Waals surface area (Å²) in [6.45, 7) is 5.20. The Morgan fingerprint density at radius 2 is 2.00 bits per heavy atom. The number of carboxylic acids is 1. The molecule has 0 spiro atoms. The standard InChI is InChI=1S/C14H20BrNO2S/c1-4-14(5-2,19-3)9-16-12-7-10(13(17)18)6-11(15)8-12/h6-8,16H,4-5,9H2,1-3H3,(H,17,18). The molecule has 1 aromatic carbocycles. The Bertz CT molecular complexity index is 439. The molecule has 3 nitrogen and oxygen atoms in total. The summed E-state index contributed by atoms with van der Waals surface area (Å²) >= 11 is 5.21. The van der Waals surface area contributed by atoms with Gasteiger partial charge in [-0.25, -0.2) is 4.79 Å². The lowest BCUT2D eigenvalue weighted by Gasteiger charge is -2.30. The Morgan fingerprint density at radius 3 is 2.47 bits per heavy atom. The number of carboxylic acid groups (broad SMARTS) is 1. The first kappa shape index (κ1) is 16.4. The number of anilines is 1. The number of hydrogen-bond donors (Lipinski definition) is 2. The molecule has 0 heterocycles. The normalized spacial score (nSPS) is 11.4. The summed E-state index contributed by atoms with van der Waals surface area (Å²) in [5, 5.41) is 12.4. The van der Waals surface area contributed by atoms with E-state index in [1.54, 1.807) is 12.1 Å². The van der Waals surface area contributed by atoms with Gasteiger partial charge in [0.15, 0.2) is 0 Å². The average molecular weight is 346 g/mol. The van der Waals surface area contributed by atoms with Gasteiger partial charge in [-0.05, 0) is 37.3 Å². The second-order valence-electron chi connectivity index (χ2n) is 4.48. The van der Waals surface area contributed by atoms with Gasteiger partial charge in [0.2, 0.25) is 0 Å².